The Bertz CT molecular complexity index is 1010. The van der Waals surface area contributed by atoms with Crippen LogP contribution in [-0.4, -0.2) is 30.3 Å². The predicted octanol–water partition coefficient (Wildman–Crippen LogP) is 4.34. The monoisotopic (exact) mass is 421 g/mol. The Kier molecular flexibility index (Phi) is 7.60. The molecule has 0 bridgehead atoms. The Morgan fingerprint density at radius 2 is 1.67 bits per heavy atom. The summed E-state index contributed by atoms with van der Waals surface area (Å²) in [5, 5.41) is 6.56. The van der Waals surface area contributed by atoms with Crippen molar-refractivity contribution in [2.75, 3.05) is 18.9 Å². The van der Waals surface area contributed by atoms with Gasteiger partial charge >= 0.3 is 0 Å². The van der Waals surface area contributed by atoms with Gasteiger partial charge in [-0.1, -0.05) is 66.2 Å². The molecular formula is C24H24ClN3O2. The van der Waals surface area contributed by atoms with Gasteiger partial charge in [0.1, 0.15) is 0 Å². The molecule has 5 nitrogen and oxygen atoms in total. The third-order valence-electron chi connectivity index (χ3n) is 4.56. The van der Waals surface area contributed by atoms with E-state index in [0.717, 1.165) is 11.1 Å². The molecule has 0 saturated heterocycles. The topological polar surface area (TPSA) is 61.4 Å². The van der Waals surface area contributed by atoms with Crippen LogP contribution in [0.25, 0.3) is 0 Å². The first-order chi connectivity index (χ1) is 14.5. The number of halogens is 1. The Morgan fingerprint density at radius 1 is 0.933 bits per heavy atom. The first-order valence-electron chi connectivity index (χ1n) is 9.66. The number of rotatable bonds is 8. The third kappa shape index (κ3) is 6.17. The molecule has 2 N–H and O–H groups in total. The number of benzene rings is 3. The maximum Gasteiger partial charge on any atom is 0.253 e. The van der Waals surface area contributed by atoms with Gasteiger partial charge in [-0.3, -0.25) is 9.59 Å². The highest BCUT2D eigenvalue weighted by atomic mass is 35.5. The zero-order valence-corrected chi connectivity index (χ0v) is 17.5. The summed E-state index contributed by atoms with van der Waals surface area (Å²) in [4.78, 5) is 26.6. The molecule has 0 unspecified atom stereocenters. The summed E-state index contributed by atoms with van der Waals surface area (Å²) >= 11 is 6.12. The van der Waals surface area contributed by atoms with Gasteiger partial charge in [-0.25, -0.2) is 0 Å². The van der Waals surface area contributed by atoms with Crippen molar-refractivity contribution in [1.82, 2.24) is 10.2 Å². The second-order valence-corrected chi connectivity index (χ2v) is 7.38. The highest BCUT2D eigenvalue weighted by molar-refractivity contribution is 6.31. The van der Waals surface area contributed by atoms with Crippen LogP contribution in [-0.2, 0) is 17.9 Å². The minimum Gasteiger partial charge on any atom is -0.337 e. The predicted molar refractivity (Wildman–Crippen MR) is 120 cm³/mol. The molecule has 0 radical (unpaired) electrons. The Morgan fingerprint density at radius 3 is 2.43 bits per heavy atom. The van der Waals surface area contributed by atoms with Gasteiger partial charge in [-0.2, -0.15) is 0 Å². The molecular weight excluding hydrogens is 398 g/mol. The molecule has 0 aliphatic carbocycles. The number of anilines is 1. The molecule has 0 aliphatic rings. The summed E-state index contributed by atoms with van der Waals surface area (Å²) in [6.45, 7) is 1.15. The van der Waals surface area contributed by atoms with Crippen LogP contribution in [0.4, 0.5) is 5.69 Å². The SMILES string of the molecule is CN(Cc1ccccc1)C(=O)c1cccc(NC(=O)CNCc2ccccc2Cl)c1. The maximum atomic E-state index is 12.7. The average molecular weight is 422 g/mol. The summed E-state index contributed by atoms with van der Waals surface area (Å²) < 4.78 is 0. The second-order valence-electron chi connectivity index (χ2n) is 6.97. The number of carbonyl (C=O) groups is 2. The highest BCUT2D eigenvalue weighted by Crippen LogP contribution is 2.15. The van der Waals surface area contributed by atoms with Crippen molar-refractivity contribution in [2.24, 2.45) is 0 Å². The molecule has 3 aromatic rings. The quantitative estimate of drug-likeness (QED) is 0.568. The molecule has 0 saturated carbocycles. The molecule has 6 heteroatoms. The largest absolute Gasteiger partial charge is 0.337 e. The van der Waals surface area contributed by atoms with E-state index in [9.17, 15) is 9.59 Å². The lowest BCUT2D eigenvalue weighted by Gasteiger charge is -2.18. The van der Waals surface area contributed by atoms with Crippen molar-refractivity contribution in [3.63, 3.8) is 0 Å². The zero-order valence-electron chi connectivity index (χ0n) is 16.8. The fourth-order valence-corrected chi connectivity index (χ4v) is 3.24. The van der Waals surface area contributed by atoms with Crippen LogP contribution >= 0.6 is 11.6 Å². The van der Waals surface area contributed by atoms with E-state index in [0.29, 0.717) is 29.4 Å². The van der Waals surface area contributed by atoms with Crippen molar-refractivity contribution in [3.05, 3.63) is 101 Å². The fraction of sp³-hybridized carbons (Fsp3) is 0.167. The number of amides is 2. The number of nitrogens with zero attached hydrogens (tertiary/aromatic N) is 1. The van der Waals surface area contributed by atoms with Gasteiger partial charge < -0.3 is 15.5 Å². The van der Waals surface area contributed by atoms with E-state index in [2.05, 4.69) is 10.6 Å². The van der Waals surface area contributed by atoms with Crippen LogP contribution in [0.3, 0.4) is 0 Å². The molecule has 3 aromatic carbocycles. The fourth-order valence-electron chi connectivity index (χ4n) is 3.04. The molecule has 0 fully saturated rings. The lowest BCUT2D eigenvalue weighted by atomic mass is 10.1. The van der Waals surface area contributed by atoms with E-state index >= 15 is 0 Å². The molecule has 30 heavy (non-hydrogen) atoms. The second kappa shape index (κ2) is 10.6. The Labute approximate surface area is 181 Å². The van der Waals surface area contributed by atoms with E-state index in [1.165, 1.54) is 0 Å². The average Bonchev–Trinajstić information content (AvgIpc) is 2.75. The number of nitrogens with one attached hydrogen (secondary N) is 2. The first kappa shape index (κ1) is 21.6. The summed E-state index contributed by atoms with van der Waals surface area (Å²) in [5.41, 5.74) is 3.09. The van der Waals surface area contributed by atoms with Gasteiger partial charge in [0.05, 0.1) is 6.54 Å². The zero-order chi connectivity index (χ0) is 21.3. The van der Waals surface area contributed by atoms with Crippen LogP contribution in [0.15, 0.2) is 78.9 Å². The van der Waals surface area contributed by atoms with Crippen molar-refractivity contribution in [2.45, 2.75) is 13.1 Å². The molecule has 3 rings (SSSR count). The lowest BCUT2D eigenvalue weighted by Crippen LogP contribution is -2.28. The highest BCUT2D eigenvalue weighted by Gasteiger charge is 2.13. The number of hydrogen-bond donors (Lipinski definition) is 2. The summed E-state index contributed by atoms with van der Waals surface area (Å²) in [6, 6.07) is 24.3. The first-order valence-corrected chi connectivity index (χ1v) is 10.0. The summed E-state index contributed by atoms with van der Waals surface area (Å²) in [7, 11) is 1.76. The molecule has 0 aromatic heterocycles. The van der Waals surface area contributed by atoms with Gasteiger partial charge in [0.15, 0.2) is 0 Å². The van der Waals surface area contributed by atoms with E-state index in [4.69, 9.17) is 11.6 Å². The van der Waals surface area contributed by atoms with E-state index in [-0.39, 0.29) is 18.4 Å². The molecule has 0 heterocycles. The van der Waals surface area contributed by atoms with Crippen LogP contribution in [0.5, 0.6) is 0 Å². The van der Waals surface area contributed by atoms with E-state index in [1.54, 1.807) is 36.2 Å². The summed E-state index contributed by atoms with van der Waals surface area (Å²) in [6.07, 6.45) is 0. The van der Waals surface area contributed by atoms with Gasteiger partial charge in [0.2, 0.25) is 5.91 Å². The van der Waals surface area contributed by atoms with Crippen molar-refractivity contribution in [3.8, 4) is 0 Å². The lowest BCUT2D eigenvalue weighted by molar-refractivity contribution is -0.115. The van der Waals surface area contributed by atoms with Crippen molar-refractivity contribution >= 4 is 29.1 Å². The van der Waals surface area contributed by atoms with Gasteiger partial charge in [-0.05, 0) is 35.4 Å². The van der Waals surface area contributed by atoms with Gasteiger partial charge in [0, 0.05) is 36.4 Å². The van der Waals surface area contributed by atoms with Crippen LogP contribution in [0.1, 0.15) is 21.5 Å². The molecule has 2 amide bonds. The minimum atomic E-state index is -0.190. The Hall–Kier alpha value is -3.15. The third-order valence-corrected chi connectivity index (χ3v) is 4.93. The number of carbonyl (C=O) groups excluding carboxylic acids is 2. The van der Waals surface area contributed by atoms with E-state index < -0.39 is 0 Å². The maximum absolute atomic E-state index is 12.7. The standard InChI is InChI=1S/C24H24ClN3O2/c1-28(17-18-8-3-2-4-9-18)24(30)19-11-7-12-21(14-19)27-23(29)16-26-15-20-10-5-6-13-22(20)25/h2-14,26H,15-17H2,1H3,(H,27,29). The number of hydrogen-bond acceptors (Lipinski definition) is 3. The molecule has 0 spiro atoms. The van der Waals surface area contributed by atoms with Crippen molar-refractivity contribution < 1.29 is 9.59 Å². The van der Waals surface area contributed by atoms with Crippen molar-refractivity contribution in [1.29, 1.82) is 0 Å². The Balaban J connectivity index is 1.53. The van der Waals surface area contributed by atoms with Crippen LogP contribution in [0, 0.1) is 0 Å². The summed E-state index contributed by atoms with van der Waals surface area (Å²) in [5.74, 6) is -0.295. The van der Waals surface area contributed by atoms with Gasteiger partial charge in [-0.15, -0.1) is 0 Å². The minimum absolute atomic E-state index is 0.105. The smallest absolute Gasteiger partial charge is 0.253 e. The van der Waals surface area contributed by atoms with Crippen LogP contribution in [0.2, 0.25) is 5.02 Å². The molecule has 0 atom stereocenters. The molecule has 154 valence electrons. The normalized spacial score (nSPS) is 10.5. The van der Waals surface area contributed by atoms with E-state index in [1.807, 2.05) is 54.6 Å². The van der Waals surface area contributed by atoms with Crippen LogP contribution < -0.4 is 10.6 Å². The molecule has 0 aliphatic heterocycles. The van der Waals surface area contributed by atoms with Gasteiger partial charge in [0.25, 0.3) is 5.91 Å².